The van der Waals surface area contributed by atoms with Crippen LogP contribution in [0.15, 0.2) is 0 Å². The van der Waals surface area contributed by atoms with E-state index in [1.807, 2.05) is 18.7 Å². The smallest absolute Gasteiger partial charge is 0.293 e. The number of carbonyl (C=O) groups excluding carboxylic acids is 1. The van der Waals surface area contributed by atoms with Gasteiger partial charge >= 0.3 is 0 Å². The van der Waals surface area contributed by atoms with Gasteiger partial charge in [0.25, 0.3) is 5.91 Å². The van der Waals surface area contributed by atoms with Crippen LogP contribution in [0.25, 0.3) is 0 Å². The highest BCUT2D eigenvalue weighted by Crippen LogP contribution is 2.23. The number of nitrogens with zero attached hydrogens (tertiary/aromatic N) is 3. The molecule has 3 N–H and O–H groups in total. The summed E-state index contributed by atoms with van der Waals surface area (Å²) in [6.07, 6.45) is 4.69. The molecular formula is C13H23N5O. The van der Waals surface area contributed by atoms with E-state index in [0.717, 1.165) is 37.9 Å². The molecule has 6 nitrogen and oxygen atoms in total. The van der Waals surface area contributed by atoms with Crippen molar-refractivity contribution in [3.63, 3.8) is 0 Å². The maximum atomic E-state index is 12.4. The number of aromatic amines is 1. The number of aryl methyl sites for hydroxylation is 1. The van der Waals surface area contributed by atoms with Gasteiger partial charge in [0.15, 0.2) is 0 Å². The van der Waals surface area contributed by atoms with Gasteiger partial charge in [-0.3, -0.25) is 9.89 Å². The van der Waals surface area contributed by atoms with Crippen molar-refractivity contribution in [2.75, 3.05) is 6.54 Å². The summed E-state index contributed by atoms with van der Waals surface area (Å²) in [6, 6.07) is 0.570. The Bertz CT molecular complexity index is 422. The minimum Gasteiger partial charge on any atom is -0.333 e. The van der Waals surface area contributed by atoms with Gasteiger partial charge in [0, 0.05) is 25.0 Å². The molecule has 0 aliphatic heterocycles. The average molecular weight is 265 g/mol. The van der Waals surface area contributed by atoms with Gasteiger partial charge in [-0.2, -0.15) is 0 Å². The Morgan fingerprint density at radius 2 is 2.05 bits per heavy atom. The number of hydrogen-bond donors (Lipinski definition) is 2. The Kier molecular flexibility index (Phi) is 4.52. The second kappa shape index (κ2) is 6.14. The molecule has 0 saturated heterocycles. The van der Waals surface area contributed by atoms with Crippen molar-refractivity contribution in [1.29, 1.82) is 0 Å². The maximum absolute atomic E-state index is 12.4. The molecule has 1 saturated carbocycles. The van der Waals surface area contributed by atoms with E-state index < -0.39 is 0 Å². The van der Waals surface area contributed by atoms with Crippen molar-refractivity contribution < 1.29 is 4.79 Å². The van der Waals surface area contributed by atoms with E-state index in [9.17, 15) is 4.79 Å². The van der Waals surface area contributed by atoms with Crippen LogP contribution >= 0.6 is 0 Å². The standard InChI is InChI=1S/C13H23N5O/c1-3-11-15-12(17-16-11)13(19)18(4-2)10-7-5-9(14)6-8-10/h9-10H,3-8,14H2,1-2H3,(H,15,16,17). The molecule has 1 aromatic heterocycles. The largest absolute Gasteiger partial charge is 0.333 e. The van der Waals surface area contributed by atoms with E-state index in [0.29, 0.717) is 12.6 Å². The molecule has 1 amide bonds. The molecule has 0 aromatic carbocycles. The maximum Gasteiger partial charge on any atom is 0.293 e. The predicted molar refractivity (Wildman–Crippen MR) is 72.7 cm³/mol. The molecule has 19 heavy (non-hydrogen) atoms. The van der Waals surface area contributed by atoms with Crippen LogP contribution in [0.2, 0.25) is 0 Å². The molecule has 1 fully saturated rings. The van der Waals surface area contributed by atoms with Crippen LogP contribution in [0, 0.1) is 0 Å². The fourth-order valence-corrected chi connectivity index (χ4v) is 2.66. The average Bonchev–Trinajstić information content (AvgIpc) is 2.90. The number of carbonyl (C=O) groups is 1. The molecule has 6 heteroatoms. The van der Waals surface area contributed by atoms with Crippen molar-refractivity contribution in [2.24, 2.45) is 5.73 Å². The number of aromatic nitrogens is 3. The van der Waals surface area contributed by atoms with Crippen LogP contribution in [0.5, 0.6) is 0 Å². The monoisotopic (exact) mass is 265 g/mol. The molecule has 1 aliphatic rings. The first-order valence-electron chi connectivity index (χ1n) is 7.13. The fourth-order valence-electron chi connectivity index (χ4n) is 2.66. The van der Waals surface area contributed by atoms with Gasteiger partial charge in [-0.25, -0.2) is 4.98 Å². The molecule has 0 unspecified atom stereocenters. The third kappa shape index (κ3) is 3.12. The normalized spacial score (nSPS) is 23.3. The molecule has 1 aliphatic carbocycles. The number of H-pyrrole nitrogens is 1. The van der Waals surface area contributed by atoms with Crippen LogP contribution in [0.1, 0.15) is 56.0 Å². The second-order valence-electron chi connectivity index (χ2n) is 5.12. The first-order valence-corrected chi connectivity index (χ1v) is 7.13. The van der Waals surface area contributed by atoms with E-state index in [1.54, 1.807) is 0 Å². The van der Waals surface area contributed by atoms with E-state index in [2.05, 4.69) is 15.2 Å². The number of nitrogens with two attached hydrogens (primary N) is 1. The predicted octanol–water partition coefficient (Wildman–Crippen LogP) is 1.10. The van der Waals surface area contributed by atoms with Gasteiger partial charge in [-0.05, 0) is 32.6 Å². The van der Waals surface area contributed by atoms with Crippen molar-refractivity contribution in [1.82, 2.24) is 20.1 Å². The Morgan fingerprint density at radius 1 is 1.37 bits per heavy atom. The summed E-state index contributed by atoms with van der Waals surface area (Å²) in [6.45, 7) is 4.67. The Balaban J connectivity index is 2.06. The lowest BCUT2D eigenvalue weighted by Gasteiger charge is -2.34. The molecule has 0 radical (unpaired) electrons. The molecule has 2 rings (SSSR count). The number of amides is 1. The summed E-state index contributed by atoms with van der Waals surface area (Å²) in [5.41, 5.74) is 5.91. The van der Waals surface area contributed by atoms with Crippen LogP contribution in [-0.2, 0) is 6.42 Å². The van der Waals surface area contributed by atoms with E-state index in [1.165, 1.54) is 0 Å². The minimum atomic E-state index is -0.0704. The van der Waals surface area contributed by atoms with Gasteiger partial charge in [-0.15, -0.1) is 5.10 Å². The van der Waals surface area contributed by atoms with E-state index in [4.69, 9.17) is 5.73 Å². The molecule has 106 valence electrons. The van der Waals surface area contributed by atoms with Gasteiger partial charge in [0.05, 0.1) is 0 Å². The second-order valence-corrected chi connectivity index (χ2v) is 5.12. The van der Waals surface area contributed by atoms with Crippen molar-refractivity contribution >= 4 is 5.91 Å². The zero-order valence-electron chi connectivity index (χ0n) is 11.7. The SMILES string of the molecule is CCc1nc(C(=O)N(CC)C2CCC(N)CC2)n[nH]1. The lowest BCUT2D eigenvalue weighted by Crippen LogP contribution is -2.44. The Labute approximate surface area is 113 Å². The van der Waals surface area contributed by atoms with Gasteiger partial charge in [0.2, 0.25) is 5.82 Å². The van der Waals surface area contributed by atoms with E-state index >= 15 is 0 Å². The third-order valence-corrected chi connectivity index (χ3v) is 3.84. The van der Waals surface area contributed by atoms with Gasteiger partial charge < -0.3 is 10.6 Å². The quantitative estimate of drug-likeness (QED) is 0.853. The molecule has 0 spiro atoms. The molecule has 1 aromatic rings. The number of hydrogen-bond acceptors (Lipinski definition) is 4. The Hall–Kier alpha value is -1.43. The highest BCUT2D eigenvalue weighted by Gasteiger charge is 2.29. The highest BCUT2D eigenvalue weighted by atomic mass is 16.2. The third-order valence-electron chi connectivity index (χ3n) is 3.84. The summed E-state index contributed by atoms with van der Waals surface area (Å²) >= 11 is 0. The Morgan fingerprint density at radius 3 is 2.58 bits per heavy atom. The summed E-state index contributed by atoms with van der Waals surface area (Å²) < 4.78 is 0. The lowest BCUT2D eigenvalue weighted by molar-refractivity contribution is 0.0628. The summed E-state index contributed by atoms with van der Waals surface area (Å²) in [5, 5.41) is 6.81. The van der Waals surface area contributed by atoms with Crippen molar-refractivity contribution in [3.05, 3.63) is 11.6 Å². The topological polar surface area (TPSA) is 87.9 Å². The van der Waals surface area contributed by atoms with Crippen molar-refractivity contribution in [3.8, 4) is 0 Å². The van der Waals surface area contributed by atoms with E-state index in [-0.39, 0.29) is 17.8 Å². The molecular weight excluding hydrogens is 242 g/mol. The first-order chi connectivity index (χ1) is 9.15. The van der Waals surface area contributed by atoms with Gasteiger partial charge in [0.1, 0.15) is 5.82 Å². The summed E-state index contributed by atoms with van der Waals surface area (Å²) in [7, 11) is 0. The van der Waals surface area contributed by atoms with Crippen LogP contribution in [0.4, 0.5) is 0 Å². The minimum absolute atomic E-state index is 0.0704. The first kappa shape index (κ1) is 14.0. The number of rotatable bonds is 4. The van der Waals surface area contributed by atoms with Crippen LogP contribution in [0.3, 0.4) is 0 Å². The highest BCUT2D eigenvalue weighted by molar-refractivity contribution is 5.90. The zero-order valence-corrected chi connectivity index (χ0v) is 11.7. The van der Waals surface area contributed by atoms with Gasteiger partial charge in [-0.1, -0.05) is 6.92 Å². The number of nitrogens with one attached hydrogen (secondary N) is 1. The molecule has 0 bridgehead atoms. The lowest BCUT2D eigenvalue weighted by atomic mass is 9.90. The van der Waals surface area contributed by atoms with Crippen LogP contribution in [-0.4, -0.2) is 44.6 Å². The summed E-state index contributed by atoms with van der Waals surface area (Å²) in [4.78, 5) is 18.5. The van der Waals surface area contributed by atoms with Crippen LogP contribution < -0.4 is 5.73 Å². The summed E-state index contributed by atoms with van der Waals surface area (Å²) in [5.74, 6) is 0.970. The zero-order chi connectivity index (χ0) is 13.8. The molecule has 1 heterocycles. The molecule has 0 atom stereocenters. The van der Waals surface area contributed by atoms with Crippen molar-refractivity contribution in [2.45, 2.75) is 58.0 Å². The fraction of sp³-hybridized carbons (Fsp3) is 0.769.